The Morgan fingerprint density at radius 2 is 0.797 bits per heavy atom. The minimum atomic E-state index is 0.894. The van der Waals surface area contributed by atoms with E-state index in [4.69, 9.17) is 9.40 Å². The van der Waals surface area contributed by atoms with Gasteiger partial charge in [-0.05, 0) is 71.8 Å². The third-order valence-corrected chi connectivity index (χ3v) is 12.3. The highest BCUT2D eigenvalue weighted by atomic mass is 16.3. The maximum absolute atomic E-state index is 6.60. The number of furan rings is 1. The summed E-state index contributed by atoms with van der Waals surface area (Å²) in [6.45, 7) is 0. The molecule has 0 bridgehead atoms. The van der Waals surface area contributed by atoms with Crippen LogP contribution in [0.1, 0.15) is 0 Å². The number of pyridine rings is 1. The van der Waals surface area contributed by atoms with Gasteiger partial charge in [0.2, 0.25) is 0 Å². The fraction of sp³-hybridized carbons (Fsp3) is 0. The second-order valence-corrected chi connectivity index (χ2v) is 15.5. The molecule has 0 aliphatic rings. The van der Waals surface area contributed by atoms with Gasteiger partial charge in [0.1, 0.15) is 11.2 Å². The summed E-state index contributed by atoms with van der Waals surface area (Å²) >= 11 is 0. The molecule has 0 aliphatic heterocycles. The Hall–Kier alpha value is -7.95. The minimum Gasteiger partial charge on any atom is -0.455 e. The molecule has 274 valence electrons. The molecule has 0 radical (unpaired) electrons. The Morgan fingerprint density at radius 3 is 1.37 bits per heavy atom. The number of rotatable bonds is 4. The average molecular weight is 752 g/mol. The topological polar surface area (TPSA) is 35.9 Å². The minimum absolute atomic E-state index is 0.894. The predicted molar refractivity (Wildman–Crippen MR) is 246 cm³/mol. The maximum Gasteiger partial charge on any atom is 0.144 e. The van der Waals surface area contributed by atoms with Crippen LogP contribution in [0.15, 0.2) is 205 Å². The first-order chi connectivity index (χ1) is 29.3. The van der Waals surface area contributed by atoms with Gasteiger partial charge in [-0.1, -0.05) is 140 Å². The van der Waals surface area contributed by atoms with Gasteiger partial charge in [0, 0.05) is 65.4 Å². The summed E-state index contributed by atoms with van der Waals surface area (Å²) in [5.74, 6) is 0. The van der Waals surface area contributed by atoms with Crippen molar-refractivity contribution in [1.82, 2.24) is 14.1 Å². The zero-order chi connectivity index (χ0) is 38.6. The molecule has 9 aromatic carbocycles. The number of para-hydroxylation sites is 6. The molecule has 4 nitrogen and oxygen atoms in total. The molecule has 13 rings (SSSR count). The van der Waals surface area contributed by atoms with E-state index in [0.29, 0.717) is 0 Å². The Labute approximate surface area is 338 Å². The molecule has 59 heavy (non-hydrogen) atoms. The van der Waals surface area contributed by atoms with Gasteiger partial charge in [0.05, 0.1) is 33.3 Å². The van der Waals surface area contributed by atoms with E-state index < -0.39 is 0 Å². The van der Waals surface area contributed by atoms with Crippen LogP contribution in [0, 0.1) is 0 Å². The van der Waals surface area contributed by atoms with Crippen molar-refractivity contribution in [1.29, 1.82) is 0 Å². The van der Waals surface area contributed by atoms with Crippen molar-refractivity contribution in [3.05, 3.63) is 200 Å². The average Bonchev–Trinajstić information content (AvgIpc) is 3.97. The van der Waals surface area contributed by atoms with Gasteiger partial charge in [-0.15, -0.1) is 0 Å². The van der Waals surface area contributed by atoms with E-state index in [-0.39, 0.29) is 0 Å². The van der Waals surface area contributed by atoms with Gasteiger partial charge in [-0.3, -0.25) is 0 Å². The highest BCUT2D eigenvalue weighted by Crippen LogP contribution is 2.42. The van der Waals surface area contributed by atoms with Gasteiger partial charge in [0.15, 0.2) is 0 Å². The van der Waals surface area contributed by atoms with Crippen molar-refractivity contribution in [3.8, 4) is 33.8 Å². The lowest BCUT2D eigenvalue weighted by molar-refractivity contribution is 0.673. The van der Waals surface area contributed by atoms with Gasteiger partial charge in [-0.2, -0.15) is 0 Å². The van der Waals surface area contributed by atoms with Crippen LogP contribution in [0.3, 0.4) is 0 Å². The van der Waals surface area contributed by atoms with E-state index in [1.165, 1.54) is 43.6 Å². The maximum atomic E-state index is 6.60. The zero-order valence-corrected chi connectivity index (χ0v) is 31.8. The van der Waals surface area contributed by atoms with Crippen molar-refractivity contribution in [2.75, 3.05) is 0 Å². The fourth-order valence-corrected chi connectivity index (χ4v) is 9.68. The van der Waals surface area contributed by atoms with Crippen LogP contribution in [0.2, 0.25) is 0 Å². The monoisotopic (exact) mass is 751 g/mol. The lowest BCUT2D eigenvalue weighted by Crippen LogP contribution is -2.00. The SMILES string of the molecule is c1ccc2c(c1)nc(-c1ccc(-c3cc(-n4c5ccccc5c5ccccc54)cc(-n4c5ccccc5c5ccccc54)c3)cc1)c1ccc3c4ccccc4oc3c12. The van der Waals surface area contributed by atoms with Crippen molar-refractivity contribution in [3.63, 3.8) is 0 Å². The summed E-state index contributed by atoms with van der Waals surface area (Å²) in [6.07, 6.45) is 0. The predicted octanol–water partition coefficient (Wildman–Crippen LogP) is 14.8. The van der Waals surface area contributed by atoms with Crippen molar-refractivity contribution in [2.45, 2.75) is 0 Å². The molecule has 4 heterocycles. The van der Waals surface area contributed by atoms with Crippen molar-refractivity contribution < 1.29 is 4.42 Å². The smallest absolute Gasteiger partial charge is 0.144 e. The van der Waals surface area contributed by atoms with Gasteiger partial charge >= 0.3 is 0 Å². The van der Waals surface area contributed by atoms with Crippen LogP contribution in [0.4, 0.5) is 0 Å². The Bertz CT molecular complexity index is 3610. The molecule has 4 heteroatoms. The van der Waals surface area contributed by atoms with E-state index >= 15 is 0 Å². The number of benzene rings is 9. The summed E-state index contributed by atoms with van der Waals surface area (Å²) in [5, 5.41) is 10.5. The molecule has 0 fully saturated rings. The van der Waals surface area contributed by atoms with E-state index in [9.17, 15) is 0 Å². The second-order valence-electron chi connectivity index (χ2n) is 15.5. The molecular formula is C55H33N3O. The fourth-order valence-electron chi connectivity index (χ4n) is 9.68. The molecule has 0 saturated heterocycles. The number of nitrogens with zero attached hydrogens (tertiary/aromatic N) is 3. The van der Waals surface area contributed by atoms with Crippen LogP contribution in [-0.4, -0.2) is 14.1 Å². The highest BCUT2D eigenvalue weighted by molar-refractivity contribution is 6.24. The molecule has 0 atom stereocenters. The van der Waals surface area contributed by atoms with Crippen LogP contribution >= 0.6 is 0 Å². The van der Waals surface area contributed by atoms with Crippen LogP contribution in [0.5, 0.6) is 0 Å². The summed E-state index contributed by atoms with van der Waals surface area (Å²) < 4.78 is 11.4. The van der Waals surface area contributed by atoms with Gasteiger partial charge in [0.25, 0.3) is 0 Å². The highest BCUT2D eigenvalue weighted by Gasteiger charge is 2.19. The Balaban J connectivity index is 1.04. The van der Waals surface area contributed by atoms with E-state index in [1.807, 2.05) is 12.1 Å². The first-order valence-electron chi connectivity index (χ1n) is 20.1. The largest absolute Gasteiger partial charge is 0.455 e. The Kier molecular flexibility index (Phi) is 6.69. The molecule has 0 spiro atoms. The summed E-state index contributed by atoms with van der Waals surface area (Å²) in [4.78, 5) is 5.30. The van der Waals surface area contributed by atoms with Gasteiger partial charge < -0.3 is 13.6 Å². The molecule has 13 aromatic rings. The standard InChI is InChI=1S/C55H33N3O/c1-7-19-47-45(18-1)53-46(30-29-44-43-17-6-12-24-52(43)59-55(44)53)54(56-47)35-27-25-34(26-28-35)36-31-37(57-48-20-8-2-13-39(48)40-14-3-9-21-49(40)57)33-38(32-36)58-50-22-10-4-15-41(50)42-16-5-11-23-51(42)58/h1-33H. The lowest BCUT2D eigenvalue weighted by Gasteiger charge is -2.16. The summed E-state index contributed by atoms with van der Waals surface area (Å²) in [5.41, 5.74) is 14.0. The quantitative estimate of drug-likeness (QED) is 0.168. The molecule has 0 saturated carbocycles. The van der Waals surface area contributed by atoms with E-state index in [0.717, 1.165) is 77.4 Å². The number of fused-ring (bicyclic) bond motifs is 13. The molecular weight excluding hydrogens is 719 g/mol. The summed E-state index contributed by atoms with van der Waals surface area (Å²) in [7, 11) is 0. The molecule has 0 amide bonds. The van der Waals surface area contributed by atoms with Crippen LogP contribution in [0.25, 0.3) is 121 Å². The normalized spacial score (nSPS) is 12.1. The second kappa shape index (κ2) is 12.3. The number of hydrogen-bond acceptors (Lipinski definition) is 2. The first kappa shape index (κ1) is 32.2. The number of aromatic nitrogens is 3. The number of hydrogen-bond donors (Lipinski definition) is 0. The van der Waals surface area contributed by atoms with Crippen molar-refractivity contribution in [2.24, 2.45) is 0 Å². The van der Waals surface area contributed by atoms with Crippen LogP contribution in [-0.2, 0) is 0 Å². The van der Waals surface area contributed by atoms with E-state index in [1.54, 1.807) is 0 Å². The lowest BCUT2D eigenvalue weighted by atomic mass is 9.96. The first-order valence-corrected chi connectivity index (χ1v) is 20.1. The third kappa shape index (κ3) is 4.69. The Morgan fingerprint density at radius 1 is 0.339 bits per heavy atom. The molecule has 0 unspecified atom stereocenters. The molecule has 4 aromatic heterocycles. The van der Waals surface area contributed by atoms with Gasteiger partial charge in [-0.25, -0.2) is 4.98 Å². The third-order valence-electron chi connectivity index (χ3n) is 12.3. The van der Waals surface area contributed by atoms with E-state index in [2.05, 4.69) is 197 Å². The van der Waals surface area contributed by atoms with Crippen LogP contribution < -0.4 is 0 Å². The van der Waals surface area contributed by atoms with Crippen molar-refractivity contribution >= 4 is 87.2 Å². The molecule has 0 N–H and O–H groups in total. The molecule has 0 aliphatic carbocycles. The summed E-state index contributed by atoms with van der Waals surface area (Å²) in [6, 6.07) is 72.0. The zero-order valence-electron chi connectivity index (χ0n) is 31.8.